The Morgan fingerprint density at radius 3 is 2.74 bits per heavy atom. The first-order valence-electron chi connectivity index (χ1n) is 9.56. The fourth-order valence-corrected chi connectivity index (χ4v) is 3.76. The van der Waals surface area contributed by atoms with Crippen molar-refractivity contribution in [3.63, 3.8) is 0 Å². The number of hydrogen-bond donors (Lipinski definition) is 2. The molecular weight excluding hydrogens is 416 g/mol. The maximum Gasteiger partial charge on any atom is 0.277 e. The highest BCUT2D eigenvalue weighted by molar-refractivity contribution is 7.99. The molecule has 2 heterocycles. The van der Waals surface area contributed by atoms with Crippen molar-refractivity contribution in [3.05, 3.63) is 47.7 Å². The number of nitrogens with zero attached hydrogens (tertiary/aromatic N) is 2. The second kappa shape index (κ2) is 8.73. The Morgan fingerprint density at radius 1 is 1.13 bits per heavy atom. The van der Waals surface area contributed by atoms with Crippen molar-refractivity contribution in [3.8, 4) is 23.0 Å². The lowest BCUT2D eigenvalue weighted by atomic mass is 10.1. The highest BCUT2D eigenvalue weighted by atomic mass is 32.2. The second-order valence-electron chi connectivity index (χ2n) is 6.91. The van der Waals surface area contributed by atoms with Crippen molar-refractivity contribution in [2.45, 2.75) is 19.1 Å². The summed E-state index contributed by atoms with van der Waals surface area (Å²) in [6.45, 7) is 4.12. The number of benzene rings is 2. The highest BCUT2D eigenvalue weighted by Crippen LogP contribution is 2.30. The van der Waals surface area contributed by atoms with Crippen molar-refractivity contribution in [2.75, 3.05) is 25.3 Å². The summed E-state index contributed by atoms with van der Waals surface area (Å²) >= 11 is 1.17. The quantitative estimate of drug-likeness (QED) is 0.407. The molecule has 0 saturated carbocycles. The molecular formula is C22H22N4O4S. The smallest absolute Gasteiger partial charge is 0.277 e. The topological polar surface area (TPSA) is 102 Å². The molecule has 2 N–H and O–H groups in total. The molecule has 0 saturated heterocycles. The van der Waals surface area contributed by atoms with Crippen molar-refractivity contribution < 1.29 is 18.7 Å². The third-order valence-electron chi connectivity index (χ3n) is 4.97. The van der Waals surface area contributed by atoms with Gasteiger partial charge in [-0.05, 0) is 49.7 Å². The first-order valence-corrected chi connectivity index (χ1v) is 10.5. The summed E-state index contributed by atoms with van der Waals surface area (Å²) in [5.74, 6) is 1.48. The number of anilines is 1. The summed E-state index contributed by atoms with van der Waals surface area (Å²) in [4.78, 5) is 15.7. The van der Waals surface area contributed by atoms with Gasteiger partial charge in [0, 0.05) is 28.2 Å². The second-order valence-corrected chi connectivity index (χ2v) is 7.84. The number of aromatic nitrogens is 3. The predicted molar refractivity (Wildman–Crippen MR) is 120 cm³/mol. The molecule has 4 aromatic rings. The molecule has 0 atom stereocenters. The fourth-order valence-electron chi connectivity index (χ4n) is 3.19. The van der Waals surface area contributed by atoms with Gasteiger partial charge in [0.1, 0.15) is 11.5 Å². The number of carbonyl (C=O) groups is 1. The molecule has 4 rings (SSSR count). The molecule has 0 aliphatic carbocycles. The molecule has 160 valence electrons. The van der Waals surface area contributed by atoms with E-state index in [-0.39, 0.29) is 11.7 Å². The largest absolute Gasteiger partial charge is 0.497 e. The van der Waals surface area contributed by atoms with Crippen LogP contribution in [0.15, 0.2) is 46.0 Å². The van der Waals surface area contributed by atoms with Crippen LogP contribution >= 0.6 is 11.8 Å². The van der Waals surface area contributed by atoms with Gasteiger partial charge in [-0.2, -0.15) is 0 Å². The minimum absolute atomic E-state index is 0.117. The number of ether oxygens (including phenoxy) is 2. The molecule has 9 heteroatoms. The van der Waals surface area contributed by atoms with Crippen LogP contribution in [0.2, 0.25) is 0 Å². The maximum absolute atomic E-state index is 12.4. The predicted octanol–water partition coefficient (Wildman–Crippen LogP) is 4.58. The molecule has 31 heavy (non-hydrogen) atoms. The SMILES string of the molecule is COc1ccc(NC(=O)CSc2nnc(-c3ccc4[nH]c(C)c(C)c4c3)o2)c(OC)c1. The van der Waals surface area contributed by atoms with Crippen LogP contribution in [0.3, 0.4) is 0 Å². The average molecular weight is 439 g/mol. The molecule has 8 nitrogen and oxygen atoms in total. The Balaban J connectivity index is 1.41. The molecule has 0 spiro atoms. The van der Waals surface area contributed by atoms with Gasteiger partial charge >= 0.3 is 0 Å². The lowest BCUT2D eigenvalue weighted by Crippen LogP contribution is -2.14. The van der Waals surface area contributed by atoms with Crippen LogP contribution in [0.25, 0.3) is 22.4 Å². The zero-order valence-corrected chi connectivity index (χ0v) is 18.4. The number of amides is 1. The molecule has 0 fully saturated rings. The minimum Gasteiger partial charge on any atom is -0.497 e. The van der Waals surface area contributed by atoms with Gasteiger partial charge in [-0.25, -0.2) is 0 Å². The lowest BCUT2D eigenvalue weighted by molar-refractivity contribution is -0.113. The Morgan fingerprint density at radius 2 is 1.97 bits per heavy atom. The van der Waals surface area contributed by atoms with E-state index in [1.165, 1.54) is 24.4 Å². The van der Waals surface area contributed by atoms with Gasteiger partial charge in [0.2, 0.25) is 11.8 Å². The molecule has 0 bridgehead atoms. The van der Waals surface area contributed by atoms with E-state index in [2.05, 4.69) is 27.4 Å². The van der Waals surface area contributed by atoms with Gasteiger partial charge in [-0.1, -0.05) is 11.8 Å². The standard InChI is InChI=1S/C22H22N4O4S/c1-12-13(2)23-17-7-5-14(9-16(12)17)21-25-26-22(30-21)31-11-20(27)24-18-8-6-15(28-3)10-19(18)29-4/h5-10,23H,11H2,1-4H3,(H,24,27). The van der Waals surface area contributed by atoms with E-state index >= 15 is 0 Å². The van der Waals surface area contributed by atoms with Crippen LogP contribution in [0.1, 0.15) is 11.3 Å². The number of rotatable bonds is 7. The van der Waals surface area contributed by atoms with Crippen LogP contribution in [0, 0.1) is 13.8 Å². The Bertz CT molecular complexity index is 1250. The first kappa shape index (κ1) is 20.8. The average Bonchev–Trinajstić information content (AvgIpc) is 3.37. The molecule has 0 unspecified atom stereocenters. The van der Waals surface area contributed by atoms with Crippen LogP contribution in [-0.2, 0) is 4.79 Å². The van der Waals surface area contributed by atoms with Crippen LogP contribution < -0.4 is 14.8 Å². The van der Waals surface area contributed by atoms with Gasteiger partial charge in [0.15, 0.2) is 0 Å². The van der Waals surface area contributed by atoms with Gasteiger partial charge < -0.3 is 24.2 Å². The van der Waals surface area contributed by atoms with Gasteiger partial charge in [-0.15, -0.1) is 10.2 Å². The summed E-state index contributed by atoms with van der Waals surface area (Å²) < 4.78 is 16.2. The number of hydrogen-bond acceptors (Lipinski definition) is 7. The molecule has 2 aromatic carbocycles. The number of thioether (sulfide) groups is 1. The van der Waals surface area contributed by atoms with Crippen molar-refractivity contribution in [1.82, 2.24) is 15.2 Å². The molecule has 0 radical (unpaired) electrons. The number of aryl methyl sites for hydroxylation is 2. The van der Waals surface area contributed by atoms with E-state index in [9.17, 15) is 4.79 Å². The van der Waals surface area contributed by atoms with Crippen molar-refractivity contribution >= 4 is 34.3 Å². The maximum atomic E-state index is 12.4. The number of fused-ring (bicyclic) bond motifs is 1. The monoisotopic (exact) mass is 438 g/mol. The minimum atomic E-state index is -0.215. The first-order chi connectivity index (χ1) is 15.0. The number of methoxy groups -OCH3 is 2. The van der Waals surface area contributed by atoms with E-state index in [1.807, 2.05) is 25.1 Å². The number of aromatic amines is 1. The third-order valence-corrected chi connectivity index (χ3v) is 5.79. The zero-order chi connectivity index (χ0) is 22.0. The summed E-state index contributed by atoms with van der Waals surface area (Å²) in [6.07, 6.45) is 0. The lowest BCUT2D eigenvalue weighted by Gasteiger charge is -2.11. The summed E-state index contributed by atoms with van der Waals surface area (Å²) in [5.41, 5.74) is 4.79. The molecule has 0 aliphatic heterocycles. The normalized spacial score (nSPS) is 11.0. The summed E-state index contributed by atoms with van der Waals surface area (Å²) in [5, 5.41) is 12.4. The molecule has 1 amide bonds. The summed E-state index contributed by atoms with van der Waals surface area (Å²) in [7, 11) is 3.10. The van der Waals surface area contributed by atoms with E-state index < -0.39 is 0 Å². The molecule has 0 aliphatic rings. The zero-order valence-electron chi connectivity index (χ0n) is 17.6. The van der Waals surface area contributed by atoms with E-state index in [4.69, 9.17) is 13.9 Å². The fraction of sp³-hybridized carbons (Fsp3) is 0.227. The van der Waals surface area contributed by atoms with Crippen LogP contribution in [0.4, 0.5) is 5.69 Å². The summed E-state index contributed by atoms with van der Waals surface area (Å²) in [6, 6.07) is 11.1. The van der Waals surface area contributed by atoms with E-state index in [0.717, 1.165) is 22.2 Å². The molecule has 2 aromatic heterocycles. The van der Waals surface area contributed by atoms with Crippen molar-refractivity contribution in [2.24, 2.45) is 0 Å². The van der Waals surface area contributed by atoms with E-state index in [0.29, 0.717) is 28.3 Å². The number of H-pyrrole nitrogens is 1. The third kappa shape index (κ3) is 4.36. The van der Waals surface area contributed by atoms with Crippen molar-refractivity contribution in [1.29, 1.82) is 0 Å². The van der Waals surface area contributed by atoms with Gasteiger partial charge in [-0.3, -0.25) is 4.79 Å². The van der Waals surface area contributed by atoms with Gasteiger partial charge in [0.05, 0.1) is 25.7 Å². The highest BCUT2D eigenvalue weighted by Gasteiger charge is 2.14. The number of nitrogens with one attached hydrogen (secondary N) is 2. The number of carbonyl (C=O) groups excluding carboxylic acids is 1. The van der Waals surface area contributed by atoms with Crippen LogP contribution in [-0.4, -0.2) is 41.1 Å². The Kier molecular flexibility index (Phi) is 5.85. The van der Waals surface area contributed by atoms with Gasteiger partial charge in [0.25, 0.3) is 5.22 Å². The Hall–Kier alpha value is -3.46. The van der Waals surface area contributed by atoms with Crippen LogP contribution in [0.5, 0.6) is 11.5 Å². The van der Waals surface area contributed by atoms with E-state index in [1.54, 1.807) is 25.3 Å². The Labute approximate surface area is 183 Å².